The van der Waals surface area contributed by atoms with E-state index in [1.54, 1.807) is 0 Å². The van der Waals surface area contributed by atoms with Crippen molar-refractivity contribution < 1.29 is 14.6 Å². The van der Waals surface area contributed by atoms with Gasteiger partial charge in [-0.1, -0.05) is 30.3 Å². The molecule has 1 saturated heterocycles. The third-order valence-corrected chi connectivity index (χ3v) is 3.65. The molecule has 1 fully saturated rings. The Kier molecular flexibility index (Phi) is 6.66. The Bertz CT molecular complexity index is 419. The molecule has 2 rings (SSSR count). The highest BCUT2D eigenvalue weighted by molar-refractivity contribution is 5.75. The lowest BCUT2D eigenvalue weighted by Crippen LogP contribution is -2.34. The number of hydrogen-bond acceptors (Lipinski definition) is 4. The van der Waals surface area contributed by atoms with Crippen molar-refractivity contribution in [2.75, 3.05) is 26.2 Å². The van der Waals surface area contributed by atoms with Gasteiger partial charge in [0.1, 0.15) is 0 Å². The van der Waals surface area contributed by atoms with Crippen LogP contribution in [0, 0.1) is 0 Å². The molecule has 1 aliphatic rings. The van der Waals surface area contributed by atoms with Crippen LogP contribution in [0.2, 0.25) is 0 Å². The molecule has 21 heavy (non-hydrogen) atoms. The van der Waals surface area contributed by atoms with Crippen LogP contribution in [0.15, 0.2) is 30.3 Å². The van der Waals surface area contributed by atoms with Crippen LogP contribution in [0.25, 0.3) is 0 Å². The fraction of sp³-hybridized carbons (Fsp3) is 0.562. The van der Waals surface area contributed by atoms with Gasteiger partial charge in [0.2, 0.25) is 5.91 Å². The molecule has 0 radical (unpaired) electrons. The van der Waals surface area contributed by atoms with Crippen molar-refractivity contribution in [2.45, 2.75) is 31.5 Å². The smallest absolute Gasteiger partial charge is 0.222 e. The normalized spacial score (nSPS) is 17.4. The van der Waals surface area contributed by atoms with Crippen molar-refractivity contribution in [1.29, 1.82) is 0 Å². The van der Waals surface area contributed by atoms with Crippen LogP contribution in [0.5, 0.6) is 0 Å². The zero-order valence-electron chi connectivity index (χ0n) is 12.3. The highest BCUT2D eigenvalue weighted by Gasteiger charge is 2.14. The van der Waals surface area contributed by atoms with E-state index in [1.165, 1.54) is 0 Å². The quantitative estimate of drug-likeness (QED) is 0.701. The van der Waals surface area contributed by atoms with Gasteiger partial charge in [0.25, 0.3) is 0 Å². The number of aliphatic hydroxyl groups is 1. The molecule has 1 heterocycles. The summed E-state index contributed by atoms with van der Waals surface area (Å²) in [5.74, 6) is -0.0843. The zero-order chi connectivity index (χ0) is 14.9. The third-order valence-electron chi connectivity index (χ3n) is 3.65. The monoisotopic (exact) mass is 292 g/mol. The number of piperidine rings is 1. The molecule has 1 unspecified atom stereocenters. The van der Waals surface area contributed by atoms with Crippen LogP contribution in [-0.4, -0.2) is 43.4 Å². The van der Waals surface area contributed by atoms with Crippen molar-refractivity contribution in [3.8, 4) is 0 Å². The Morgan fingerprint density at radius 2 is 2.05 bits per heavy atom. The van der Waals surface area contributed by atoms with Crippen LogP contribution in [0.1, 0.15) is 30.9 Å². The summed E-state index contributed by atoms with van der Waals surface area (Å²) >= 11 is 0. The van der Waals surface area contributed by atoms with Gasteiger partial charge >= 0.3 is 0 Å². The first-order valence-electron chi connectivity index (χ1n) is 7.58. The van der Waals surface area contributed by atoms with Crippen LogP contribution in [0.4, 0.5) is 0 Å². The van der Waals surface area contributed by atoms with Gasteiger partial charge < -0.3 is 20.5 Å². The van der Waals surface area contributed by atoms with E-state index in [0.717, 1.165) is 31.5 Å². The maximum absolute atomic E-state index is 11.7. The van der Waals surface area contributed by atoms with Gasteiger partial charge in [0.15, 0.2) is 0 Å². The Morgan fingerprint density at radius 3 is 2.76 bits per heavy atom. The van der Waals surface area contributed by atoms with Crippen molar-refractivity contribution >= 4 is 5.91 Å². The van der Waals surface area contributed by atoms with Gasteiger partial charge in [-0.25, -0.2) is 0 Å². The van der Waals surface area contributed by atoms with E-state index >= 15 is 0 Å². The van der Waals surface area contributed by atoms with Crippen LogP contribution in [0.3, 0.4) is 0 Å². The molecule has 1 amide bonds. The van der Waals surface area contributed by atoms with Crippen LogP contribution in [-0.2, 0) is 9.53 Å². The highest BCUT2D eigenvalue weighted by Crippen LogP contribution is 2.10. The summed E-state index contributed by atoms with van der Waals surface area (Å²) in [4.78, 5) is 11.7. The summed E-state index contributed by atoms with van der Waals surface area (Å²) in [6.45, 7) is 2.65. The minimum Gasteiger partial charge on any atom is -0.387 e. The average Bonchev–Trinajstić information content (AvgIpc) is 2.54. The van der Waals surface area contributed by atoms with E-state index in [0.29, 0.717) is 13.0 Å². The van der Waals surface area contributed by atoms with Crippen molar-refractivity contribution in [2.24, 2.45) is 0 Å². The molecule has 5 nitrogen and oxygen atoms in total. The van der Waals surface area contributed by atoms with Crippen molar-refractivity contribution in [3.05, 3.63) is 35.9 Å². The predicted octanol–water partition coefficient (Wildman–Crippen LogP) is 0.995. The Labute approximate surface area is 125 Å². The molecule has 3 N–H and O–H groups in total. The molecule has 1 aromatic carbocycles. The first-order valence-corrected chi connectivity index (χ1v) is 7.58. The minimum absolute atomic E-state index is 0.0843. The molecule has 0 saturated carbocycles. The minimum atomic E-state index is -0.666. The van der Waals surface area contributed by atoms with Gasteiger partial charge in [0, 0.05) is 13.0 Å². The lowest BCUT2D eigenvalue weighted by molar-refractivity contribution is -0.123. The van der Waals surface area contributed by atoms with Crippen LogP contribution < -0.4 is 10.6 Å². The average molecular weight is 292 g/mol. The van der Waals surface area contributed by atoms with E-state index < -0.39 is 6.10 Å². The number of benzene rings is 1. The first kappa shape index (κ1) is 15.9. The second kappa shape index (κ2) is 8.77. The zero-order valence-corrected chi connectivity index (χ0v) is 12.3. The van der Waals surface area contributed by atoms with Gasteiger partial charge in [-0.05, 0) is 31.5 Å². The third kappa shape index (κ3) is 5.83. The standard InChI is InChI=1S/C16H24N2O3/c19-15(13-4-2-1-3-5-13)12-18-16(20)8-11-21-14-6-9-17-10-7-14/h1-5,14-15,17,19H,6-12H2,(H,18,20). The number of carbonyl (C=O) groups excluding carboxylic acids is 1. The number of rotatable bonds is 7. The van der Waals surface area contributed by atoms with E-state index in [9.17, 15) is 9.90 Å². The molecule has 0 aromatic heterocycles. The largest absolute Gasteiger partial charge is 0.387 e. The molecule has 1 atom stereocenters. The number of hydrogen-bond donors (Lipinski definition) is 3. The van der Waals surface area contributed by atoms with E-state index in [2.05, 4.69) is 10.6 Å². The Morgan fingerprint density at radius 1 is 1.33 bits per heavy atom. The number of nitrogens with one attached hydrogen (secondary N) is 2. The number of aliphatic hydroxyl groups excluding tert-OH is 1. The fourth-order valence-corrected chi connectivity index (χ4v) is 2.37. The molecular weight excluding hydrogens is 268 g/mol. The second-order valence-corrected chi connectivity index (χ2v) is 5.30. The molecule has 1 aromatic rings. The SMILES string of the molecule is O=C(CCOC1CCNCC1)NCC(O)c1ccccc1. The van der Waals surface area contributed by atoms with Crippen molar-refractivity contribution in [1.82, 2.24) is 10.6 Å². The topological polar surface area (TPSA) is 70.6 Å². The maximum atomic E-state index is 11.7. The van der Waals surface area contributed by atoms with Gasteiger partial charge in [-0.15, -0.1) is 0 Å². The van der Waals surface area contributed by atoms with E-state index in [1.807, 2.05) is 30.3 Å². The molecule has 116 valence electrons. The summed E-state index contributed by atoms with van der Waals surface area (Å²) < 4.78 is 5.68. The molecule has 1 aliphatic heterocycles. The number of carbonyl (C=O) groups is 1. The first-order chi connectivity index (χ1) is 10.3. The molecule has 0 spiro atoms. The summed E-state index contributed by atoms with van der Waals surface area (Å²) in [5.41, 5.74) is 0.809. The van der Waals surface area contributed by atoms with Gasteiger partial charge in [-0.2, -0.15) is 0 Å². The lowest BCUT2D eigenvalue weighted by atomic mass is 10.1. The maximum Gasteiger partial charge on any atom is 0.222 e. The van der Waals surface area contributed by atoms with Crippen LogP contribution >= 0.6 is 0 Å². The summed E-state index contributed by atoms with van der Waals surface area (Å²) in [5, 5.41) is 16.0. The number of ether oxygens (including phenoxy) is 1. The Hall–Kier alpha value is -1.43. The highest BCUT2D eigenvalue weighted by atomic mass is 16.5. The lowest BCUT2D eigenvalue weighted by Gasteiger charge is -2.22. The predicted molar refractivity (Wildman–Crippen MR) is 80.9 cm³/mol. The fourth-order valence-electron chi connectivity index (χ4n) is 2.37. The second-order valence-electron chi connectivity index (χ2n) is 5.30. The molecular formula is C16H24N2O3. The van der Waals surface area contributed by atoms with E-state index in [4.69, 9.17) is 4.74 Å². The van der Waals surface area contributed by atoms with Gasteiger partial charge in [-0.3, -0.25) is 4.79 Å². The van der Waals surface area contributed by atoms with Crippen molar-refractivity contribution in [3.63, 3.8) is 0 Å². The summed E-state index contributed by atoms with van der Waals surface area (Å²) in [7, 11) is 0. The van der Waals surface area contributed by atoms with E-state index in [-0.39, 0.29) is 18.6 Å². The number of amides is 1. The summed E-state index contributed by atoms with van der Waals surface area (Å²) in [6.07, 6.45) is 1.96. The molecule has 5 heteroatoms. The summed E-state index contributed by atoms with van der Waals surface area (Å²) in [6, 6.07) is 9.32. The molecule has 0 bridgehead atoms. The molecule has 0 aliphatic carbocycles. The Balaban J connectivity index is 1.59. The van der Waals surface area contributed by atoms with Gasteiger partial charge in [0.05, 0.1) is 18.8 Å².